The first kappa shape index (κ1) is 19.2. The van der Waals surface area contributed by atoms with Crippen LogP contribution in [-0.2, 0) is 4.79 Å². The molecule has 5 nitrogen and oxygen atoms in total. The molecule has 0 aliphatic carbocycles. The maximum atomic E-state index is 12.7. The van der Waals surface area contributed by atoms with Crippen molar-refractivity contribution in [3.05, 3.63) is 60.2 Å². The second-order valence-electron chi connectivity index (χ2n) is 6.48. The van der Waals surface area contributed by atoms with Crippen LogP contribution in [0.15, 0.2) is 59.8 Å². The van der Waals surface area contributed by atoms with E-state index in [1.54, 1.807) is 0 Å². The van der Waals surface area contributed by atoms with Gasteiger partial charge >= 0.3 is 0 Å². The summed E-state index contributed by atoms with van der Waals surface area (Å²) in [6.45, 7) is 6.18. The van der Waals surface area contributed by atoms with Crippen molar-refractivity contribution >= 4 is 23.4 Å². The van der Waals surface area contributed by atoms with E-state index < -0.39 is 0 Å². The van der Waals surface area contributed by atoms with Crippen LogP contribution >= 0.6 is 11.8 Å². The number of nitrogens with zero attached hydrogens (tertiary/aromatic N) is 2. The Labute approximate surface area is 164 Å². The van der Waals surface area contributed by atoms with E-state index in [4.69, 9.17) is 0 Å². The molecule has 0 aliphatic rings. The van der Waals surface area contributed by atoms with Gasteiger partial charge in [0.2, 0.25) is 11.1 Å². The number of rotatable bonds is 7. The fourth-order valence-electron chi connectivity index (χ4n) is 2.73. The summed E-state index contributed by atoms with van der Waals surface area (Å²) in [5, 5.41) is 10.5. The van der Waals surface area contributed by atoms with Gasteiger partial charge in [0.25, 0.3) is 0 Å². The molecule has 0 radical (unpaired) electrons. The van der Waals surface area contributed by atoms with E-state index in [-0.39, 0.29) is 11.2 Å². The lowest BCUT2D eigenvalue weighted by molar-refractivity contribution is -0.115. The minimum Gasteiger partial charge on any atom is -0.325 e. The maximum absolute atomic E-state index is 12.7. The summed E-state index contributed by atoms with van der Waals surface area (Å²) in [6, 6.07) is 17.8. The molecule has 6 heteroatoms. The highest BCUT2D eigenvalue weighted by molar-refractivity contribution is 8.00. The van der Waals surface area contributed by atoms with Crippen molar-refractivity contribution in [3.63, 3.8) is 0 Å². The van der Waals surface area contributed by atoms with E-state index in [9.17, 15) is 4.79 Å². The number of thioether (sulfide) groups is 1. The van der Waals surface area contributed by atoms with Gasteiger partial charge < -0.3 is 5.32 Å². The summed E-state index contributed by atoms with van der Waals surface area (Å²) in [5.41, 5.74) is 3.01. The van der Waals surface area contributed by atoms with Gasteiger partial charge in [-0.1, -0.05) is 74.1 Å². The molecule has 27 heavy (non-hydrogen) atoms. The first-order chi connectivity index (χ1) is 13.1. The molecule has 0 aliphatic heterocycles. The summed E-state index contributed by atoms with van der Waals surface area (Å²) < 4.78 is 0. The first-order valence-corrected chi connectivity index (χ1v) is 10.0. The van der Waals surface area contributed by atoms with Crippen molar-refractivity contribution in [2.24, 2.45) is 0 Å². The molecule has 1 aromatic heterocycles. The lowest BCUT2D eigenvalue weighted by Gasteiger charge is -2.17. The van der Waals surface area contributed by atoms with Crippen LogP contribution in [-0.4, -0.2) is 26.3 Å². The van der Waals surface area contributed by atoms with Gasteiger partial charge in [0, 0.05) is 11.3 Å². The Bertz CT molecular complexity index is 894. The fourth-order valence-corrected chi connectivity index (χ4v) is 3.46. The minimum absolute atomic E-state index is 0.0539. The number of hydrogen-bond donors (Lipinski definition) is 2. The molecule has 3 aromatic rings. The number of hydrogen-bond acceptors (Lipinski definition) is 4. The lowest BCUT2D eigenvalue weighted by Crippen LogP contribution is -2.23. The van der Waals surface area contributed by atoms with E-state index in [0.717, 1.165) is 23.2 Å². The van der Waals surface area contributed by atoms with Gasteiger partial charge in [-0.2, -0.15) is 0 Å². The van der Waals surface area contributed by atoms with E-state index >= 15 is 0 Å². The lowest BCUT2D eigenvalue weighted by atomic mass is 9.97. The van der Waals surface area contributed by atoms with Crippen molar-refractivity contribution in [3.8, 4) is 11.4 Å². The molecule has 2 aromatic carbocycles. The maximum Gasteiger partial charge on any atom is 0.237 e. The highest BCUT2D eigenvalue weighted by atomic mass is 32.2. The van der Waals surface area contributed by atoms with Gasteiger partial charge in [-0.05, 0) is 30.9 Å². The molecular formula is C21H24N4OS. The minimum atomic E-state index is -0.311. The third kappa shape index (κ3) is 4.77. The van der Waals surface area contributed by atoms with Gasteiger partial charge in [-0.15, -0.1) is 5.10 Å². The average Bonchev–Trinajstić information content (AvgIpc) is 3.17. The molecule has 3 rings (SSSR count). The second kappa shape index (κ2) is 8.86. The smallest absolute Gasteiger partial charge is 0.237 e. The first-order valence-electron chi connectivity index (χ1n) is 9.12. The summed E-state index contributed by atoms with van der Waals surface area (Å²) in [6.07, 6.45) is 1.02. The molecule has 1 heterocycles. The van der Waals surface area contributed by atoms with Crippen molar-refractivity contribution < 1.29 is 4.79 Å². The fraction of sp³-hybridized carbons (Fsp3) is 0.286. The van der Waals surface area contributed by atoms with Crippen LogP contribution in [0.4, 0.5) is 5.69 Å². The quantitative estimate of drug-likeness (QED) is 0.559. The SMILES string of the molecule is CC[C@H](C)c1ccccc1NC(=O)[C@H](C)Sc1n[nH]c(-c2ccccc2)n1. The highest BCUT2D eigenvalue weighted by Crippen LogP contribution is 2.28. The number of amides is 1. The van der Waals surface area contributed by atoms with Gasteiger partial charge in [0.15, 0.2) is 5.82 Å². The monoisotopic (exact) mass is 380 g/mol. The molecule has 0 saturated heterocycles. The molecule has 140 valence electrons. The molecule has 0 saturated carbocycles. The van der Waals surface area contributed by atoms with Crippen LogP contribution in [0.5, 0.6) is 0 Å². The Hall–Kier alpha value is -2.60. The molecule has 0 bridgehead atoms. The Balaban J connectivity index is 1.66. The Morgan fingerprint density at radius 3 is 2.56 bits per heavy atom. The standard InChI is InChI=1S/C21H24N4OS/c1-4-14(2)17-12-8-9-13-18(17)22-20(26)15(3)27-21-23-19(24-25-21)16-10-6-5-7-11-16/h5-15H,4H2,1-3H3,(H,22,26)(H,23,24,25)/t14-,15-/m0/s1. The van der Waals surface area contributed by atoms with Crippen LogP contribution in [0.25, 0.3) is 11.4 Å². The number of aromatic amines is 1. The Morgan fingerprint density at radius 2 is 1.81 bits per heavy atom. The number of carbonyl (C=O) groups excluding carboxylic acids is 1. The predicted molar refractivity (Wildman–Crippen MR) is 111 cm³/mol. The number of aromatic nitrogens is 3. The summed E-state index contributed by atoms with van der Waals surface area (Å²) in [4.78, 5) is 17.1. The summed E-state index contributed by atoms with van der Waals surface area (Å²) in [5.74, 6) is 1.04. The van der Waals surface area contributed by atoms with Gasteiger partial charge in [-0.3, -0.25) is 9.89 Å². The third-order valence-electron chi connectivity index (χ3n) is 4.53. The topological polar surface area (TPSA) is 70.7 Å². The largest absolute Gasteiger partial charge is 0.325 e. The van der Waals surface area contributed by atoms with E-state index in [1.807, 2.05) is 55.5 Å². The second-order valence-corrected chi connectivity index (χ2v) is 7.79. The molecule has 0 spiro atoms. The molecular weight excluding hydrogens is 356 g/mol. The van der Waals surface area contributed by atoms with E-state index in [1.165, 1.54) is 11.8 Å². The van der Waals surface area contributed by atoms with Crippen LogP contribution in [0.1, 0.15) is 38.7 Å². The van der Waals surface area contributed by atoms with Crippen LogP contribution in [0.2, 0.25) is 0 Å². The van der Waals surface area contributed by atoms with Crippen molar-refractivity contribution in [2.45, 2.75) is 43.5 Å². The molecule has 2 N–H and O–H groups in total. The number of carbonyl (C=O) groups is 1. The van der Waals surface area contributed by atoms with Gasteiger partial charge in [0.1, 0.15) is 0 Å². The van der Waals surface area contributed by atoms with E-state index in [0.29, 0.717) is 16.9 Å². The third-order valence-corrected chi connectivity index (χ3v) is 5.49. The normalized spacial score (nSPS) is 13.1. The number of anilines is 1. The summed E-state index contributed by atoms with van der Waals surface area (Å²) >= 11 is 1.34. The number of benzene rings is 2. The van der Waals surface area contributed by atoms with E-state index in [2.05, 4.69) is 40.4 Å². The highest BCUT2D eigenvalue weighted by Gasteiger charge is 2.19. The molecule has 0 unspecified atom stereocenters. The van der Waals surface area contributed by atoms with Crippen LogP contribution in [0, 0.1) is 0 Å². The zero-order valence-corrected chi connectivity index (χ0v) is 16.6. The van der Waals surface area contributed by atoms with Crippen molar-refractivity contribution in [2.75, 3.05) is 5.32 Å². The molecule has 1 amide bonds. The molecule has 0 fully saturated rings. The average molecular weight is 381 g/mol. The van der Waals surface area contributed by atoms with Crippen LogP contribution in [0.3, 0.4) is 0 Å². The van der Waals surface area contributed by atoms with Crippen molar-refractivity contribution in [1.82, 2.24) is 15.2 Å². The number of para-hydroxylation sites is 1. The van der Waals surface area contributed by atoms with Crippen molar-refractivity contribution in [1.29, 1.82) is 0 Å². The molecule has 2 atom stereocenters. The zero-order valence-electron chi connectivity index (χ0n) is 15.8. The zero-order chi connectivity index (χ0) is 19.2. The van der Waals surface area contributed by atoms with Crippen LogP contribution < -0.4 is 5.32 Å². The number of H-pyrrole nitrogens is 1. The van der Waals surface area contributed by atoms with Gasteiger partial charge in [-0.25, -0.2) is 4.98 Å². The van der Waals surface area contributed by atoms with Gasteiger partial charge in [0.05, 0.1) is 5.25 Å². The predicted octanol–water partition coefficient (Wildman–Crippen LogP) is 5.10. The Kier molecular flexibility index (Phi) is 6.29. The summed E-state index contributed by atoms with van der Waals surface area (Å²) in [7, 11) is 0. The number of nitrogens with one attached hydrogen (secondary N) is 2. The Morgan fingerprint density at radius 1 is 1.11 bits per heavy atom.